The van der Waals surface area contributed by atoms with E-state index in [1.165, 1.54) is 69.8 Å². The van der Waals surface area contributed by atoms with Gasteiger partial charge in [0.2, 0.25) is 0 Å². The second-order valence-electron chi connectivity index (χ2n) is 6.97. The largest absolute Gasteiger partial charge is 0.395 e. The Labute approximate surface area is 150 Å². The first-order valence-corrected chi connectivity index (χ1v) is 9.98. The molecule has 0 amide bonds. The van der Waals surface area contributed by atoms with Gasteiger partial charge in [0.25, 0.3) is 0 Å². The summed E-state index contributed by atoms with van der Waals surface area (Å²) in [4.78, 5) is 0. The molecular weight excluding hydrogens is 298 g/mol. The zero-order valence-corrected chi connectivity index (χ0v) is 16.1. The molecular formula is C21H41NO2. The van der Waals surface area contributed by atoms with Gasteiger partial charge in [0.1, 0.15) is 0 Å². The SMILES string of the molecule is CCCCCCCCCCC/C(C)=C/CC/C=C/[C@@H](O)[C@@H](N)CO. The highest BCUT2D eigenvalue weighted by Gasteiger charge is 2.08. The van der Waals surface area contributed by atoms with Crippen molar-refractivity contribution in [2.45, 2.75) is 103 Å². The van der Waals surface area contributed by atoms with E-state index in [4.69, 9.17) is 10.8 Å². The normalized spacial score (nSPS) is 15.1. The number of allylic oxidation sites excluding steroid dienone is 3. The van der Waals surface area contributed by atoms with E-state index < -0.39 is 12.1 Å². The average Bonchev–Trinajstić information content (AvgIpc) is 2.59. The molecule has 0 bridgehead atoms. The third-order valence-corrected chi connectivity index (χ3v) is 4.48. The summed E-state index contributed by atoms with van der Waals surface area (Å²) < 4.78 is 0. The summed E-state index contributed by atoms with van der Waals surface area (Å²) in [6, 6.07) is -0.579. The number of rotatable bonds is 16. The molecule has 0 spiro atoms. The van der Waals surface area contributed by atoms with Crippen LogP contribution in [-0.4, -0.2) is 29.0 Å². The topological polar surface area (TPSA) is 66.5 Å². The lowest BCUT2D eigenvalue weighted by molar-refractivity contribution is 0.144. The van der Waals surface area contributed by atoms with Gasteiger partial charge in [-0.2, -0.15) is 0 Å². The van der Waals surface area contributed by atoms with Crippen LogP contribution >= 0.6 is 0 Å². The van der Waals surface area contributed by atoms with Crippen LogP contribution in [0.1, 0.15) is 90.9 Å². The molecule has 0 saturated carbocycles. The standard InChI is InChI=1S/C21H41NO2/c1-3-4-5-6-7-8-9-10-12-15-19(2)16-13-11-14-17-21(24)20(22)18-23/h14,16-17,20-21,23-24H,3-13,15,18,22H2,1-2H3/b17-14+,19-16+/t20-,21+/m0/s1. The molecule has 0 rings (SSSR count). The molecule has 0 fully saturated rings. The van der Waals surface area contributed by atoms with Crippen LogP contribution in [0, 0.1) is 0 Å². The molecule has 0 aromatic carbocycles. The van der Waals surface area contributed by atoms with Crippen LogP contribution in [-0.2, 0) is 0 Å². The first kappa shape index (κ1) is 23.4. The second kappa shape index (κ2) is 17.2. The molecule has 142 valence electrons. The fourth-order valence-corrected chi connectivity index (χ4v) is 2.73. The third-order valence-electron chi connectivity index (χ3n) is 4.48. The molecule has 0 unspecified atom stereocenters. The Hall–Kier alpha value is -0.640. The van der Waals surface area contributed by atoms with E-state index in [2.05, 4.69) is 19.9 Å². The van der Waals surface area contributed by atoms with Gasteiger partial charge in [-0.3, -0.25) is 0 Å². The monoisotopic (exact) mass is 339 g/mol. The minimum absolute atomic E-state index is 0.191. The lowest BCUT2D eigenvalue weighted by Gasteiger charge is -2.11. The summed E-state index contributed by atoms with van der Waals surface area (Å²) in [7, 11) is 0. The molecule has 0 aromatic heterocycles. The summed E-state index contributed by atoms with van der Waals surface area (Å²) in [6.07, 6.45) is 20.7. The van der Waals surface area contributed by atoms with E-state index in [-0.39, 0.29) is 6.61 Å². The third kappa shape index (κ3) is 14.9. The second-order valence-corrected chi connectivity index (χ2v) is 6.97. The van der Waals surface area contributed by atoms with Crippen LogP contribution < -0.4 is 5.73 Å². The summed E-state index contributed by atoms with van der Waals surface area (Å²) >= 11 is 0. The van der Waals surface area contributed by atoms with Gasteiger partial charge in [0.05, 0.1) is 18.8 Å². The molecule has 24 heavy (non-hydrogen) atoms. The Kier molecular flexibility index (Phi) is 16.7. The van der Waals surface area contributed by atoms with Crippen LogP contribution in [0.3, 0.4) is 0 Å². The molecule has 2 atom stereocenters. The Balaban J connectivity index is 3.52. The molecule has 0 heterocycles. The quantitative estimate of drug-likeness (QED) is 0.277. The zero-order chi connectivity index (χ0) is 18.0. The van der Waals surface area contributed by atoms with Crippen LogP contribution in [0.4, 0.5) is 0 Å². The van der Waals surface area contributed by atoms with E-state index in [0.29, 0.717) is 0 Å². The van der Waals surface area contributed by atoms with Crippen molar-refractivity contribution < 1.29 is 10.2 Å². The lowest BCUT2D eigenvalue weighted by Crippen LogP contribution is -2.36. The van der Waals surface area contributed by atoms with Gasteiger partial charge in [-0.15, -0.1) is 0 Å². The van der Waals surface area contributed by atoms with E-state index in [0.717, 1.165) is 12.8 Å². The van der Waals surface area contributed by atoms with Gasteiger partial charge in [0, 0.05) is 0 Å². The van der Waals surface area contributed by atoms with Crippen LogP contribution in [0.2, 0.25) is 0 Å². The maximum absolute atomic E-state index is 9.59. The van der Waals surface area contributed by atoms with Crippen molar-refractivity contribution in [2.75, 3.05) is 6.61 Å². The van der Waals surface area contributed by atoms with Crippen LogP contribution in [0.5, 0.6) is 0 Å². The summed E-state index contributed by atoms with van der Waals surface area (Å²) in [5.74, 6) is 0. The molecule has 0 aliphatic carbocycles. The number of aliphatic hydroxyl groups excluding tert-OH is 2. The van der Waals surface area contributed by atoms with Crippen molar-refractivity contribution in [3.05, 3.63) is 23.8 Å². The average molecular weight is 340 g/mol. The Morgan fingerprint density at radius 2 is 1.54 bits per heavy atom. The Morgan fingerprint density at radius 1 is 0.958 bits per heavy atom. The van der Waals surface area contributed by atoms with Gasteiger partial charge in [-0.05, 0) is 32.6 Å². The van der Waals surface area contributed by atoms with Crippen molar-refractivity contribution in [2.24, 2.45) is 5.73 Å². The first-order chi connectivity index (χ1) is 11.6. The molecule has 3 nitrogen and oxygen atoms in total. The minimum atomic E-state index is -0.748. The molecule has 4 N–H and O–H groups in total. The first-order valence-electron chi connectivity index (χ1n) is 9.98. The van der Waals surface area contributed by atoms with Crippen molar-refractivity contribution in [3.63, 3.8) is 0 Å². The Morgan fingerprint density at radius 3 is 2.12 bits per heavy atom. The molecule has 3 heteroatoms. The van der Waals surface area contributed by atoms with Gasteiger partial charge >= 0.3 is 0 Å². The molecule has 0 radical (unpaired) electrons. The number of hydrogen-bond acceptors (Lipinski definition) is 3. The molecule has 0 aromatic rings. The van der Waals surface area contributed by atoms with Gasteiger partial charge < -0.3 is 15.9 Å². The smallest absolute Gasteiger partial charge is 0.0894 e. The highest BCUT2D eigenvalue weighted by Crippen LogP contribution is 2.13. The summed E-state index contributed by atoms with van der Waals surface area (Å²) in [5, 5.41) is 18.4. The van der Waals surface area contributed by atoms with Gasteiger partial charge in [-0.1, -0.05) is 82.1 Å². The van der Waals surface area contributed by atoms with Gasteiger partial charge in [0.15, 0.2) is 0 Å². The van der Waals surface area contributed by atoms with Gasteiger partial charge in [-0.25, -0.2) is 0 Å². The number of aliphatic hydroxyl groups is 2. The molecule has 0 saturated heterocycles. The predicted molar refractivity (Wildman–Crippen MR) is 105 cm³/mol. The minimum Gasteiger partial charge on any atom is -0.395 e. The van der Waals surface area contributed by atoms with Crippen molar-refractivity contribution in [1.29, 1.82) is 0 Å². The molecule has 0 aliphatic heterocycles. The van der Waals surface area contributed by atoms with Crippen molar-refractivity contribution in [1.82, 2.24) is 0 Å². The van der Waals surface area contributed by atoms with E-state index >= 15 is 0 Å². The zero-order valence-electron chi connectivity index (χ0n) is 16.1. The maximum atomic E-state index is 9.59. The highest BCUT2D eigenvalue weighted by atomic mass is 16.3. The van der Waals surface area contributed by atoms with Crippen molar-refractivity contribution in [3.8, 4) is 0 Å². The predicted octanol–water partition coefficient (Wildman–Crippen LogP) is 4.87. The van der Waals surface area contributed by atoms with Crippen LogP contribution in [0.25, 0.3) is 0 Å². The number of unbranched alkanes of at least 4 members (excludes halogenated alkanes) is 9. The highest BCUT2D eigenvalue weighted by molar-refractivity contribution is 5.00. The van der Waals surface area contributed by atoms with E-state index in [9.17, 15) is 5.11 Å². The van der Waals surface area contributed by atoms with Crippen molar-refractivity contribution >= 4 is 0 Å². The van der Waals surface area contributed by atoms with E-state index in [1.54, 1.807) is 6.08 Å². The summed E-state index contributed by atoms with van der Waals surface area (Å²) in [6.45, 7) is 4.29. The number of hydrogen-bond donors (Lipinski definition) is 3. The fourth-order valence-electron chi connectivity index (χ4n) is 2.73. The Bertz CT molecular complexity index is 326. The number of nitrogens with two attached hydrogens (primary N) is 1. The van der Waals surface area contributed by atoms with Crippen LogP contribution in [0.15, 0.2) is 23.8 Å². The fraction of sp³-hybridized carbons (Fsp3) is 0.810. The molecule has 0 aliphatic rings. The summed E-state index contributed by atoms with van der Waals surface area (Å²) in [5.41, 5.74) is 7.01. The maximum Gasteiger partial charge on any atom is 0.0894 e. The lowest BCUT2D eigenvalue weighted by atomic mass is 10.0. The van der Waals surface area contributed by atoms with E-state index in [1.807, 2.05) is 6.08 Å².